The zero-order valence-electron chi connectivity index (χ0n) is 16.8. The second kappa shape index (κ2) is 6.99. The van der Waals surface area contributed by atoms with Crippen molar-refractivity contribution in [2.45, 2.75) is 31.5 Å². The Kier molecular flexibility index (Phi) is 4.42. The number of aromatic nitrogens is 2. The third-order valence-corrected chi connectivity index (χ3v) is 6.70. The summed E-state index contributed by atoms with van der Waals surface area (Å²) in [6, 6.07) is 7.32. The highest BCUT2D eigenvalue weighted by molar-refractivity contribution is 5.96. The fraction of sp³-hybridized carbons (Fsp3) is 0.500. The zero-order chi connectivity index (χ0) is 20.0. The largest absolute Gasteiger partial charge is 0.496 e. The van der Waals surface area contributed by atoms with E-state index in [1.807, 2.05) is 31.3 Å². The first-order valence-corrected chi connectivity index (χ1v) is 10.2. The average molecular weight is 394 g/mol. The van der Waals surface area contributed by atoms with Crippen molar-refractivity contribution in [1.82, 2.24) is 15.3 Å². The standard InChI is InChI=1S/C22H26N4O3/c1-14-9-23-11-20(25-14)26-12-17-16(19-7-8-22(17,13-26)29-19)10-24-21(27)15-5-3-4-6-18(15)28-2/h3-6,9,11,16-17,19H,7-8,10,12-13H2,1-2H3,(H,24,27)/t16-,17+,19+,22+/m0/s1. The lowest BCUT2D eigenvalue weighted by Gasteiger charge is -2.29. The first-order valence-electron chi connectivity index (χ1n) is 10.2. The van der Waals surface area contributed by atoms with Crippen LogP contribution in [0.1, 0.15) is 28.9 Å². The van der Waals surface area contributed by atoms with E-state index >= 15 is 0 Å². The molecule has 3 aliphatic rings. The van der Waals surface area contributed by atoms with Crippen LogP contribution in [0.15, 0.2) is 36.7 Å². The molecule has 3 aliphatic heterocycles. The van der Waals surface area contributed by atoms with Crippen molar-refractivity contribution >= 4 is 11.7 Å². The quantitative estimate of drug-likeness (QED) is 0.838. The number of hydrogen-bond donors (Lipinski definition) is 1. The van der Waals surface area contributed by atoms with Crippen LogP contribution in [0.3, 0.4) is 0 Å². The average Bonchev–Trinajstić information content (AvgIpc) is 3.40. The smallest absolute Gasteiger partial charge is 0.255 e. The van der Waals surface area contributed by atoms with Gasteiger partial charge in [0.05, 0.1) is 36.3 Å². The van der Waals surface area contributed by atoms with Gasteiger partial charge in [0.15, 0.2) is 0 Å². The highest BCUT2D eigenvalue weighted by Gasteiger charge is 2.63. The summed E-state index contributed by atoms with van der Waals surface area (Å²) in [4.78, 5) is 24.0. The molecule has 3 saturated heterocycles. The van der Waals surface area contributed by atoms with Crippen molar-refractivity contribution in [3.63, 3.8) is 0 Å². The molecule has 152 valence electrons. The number of nitrogens with zero attached hydrogens (tertiary/aromatic N) is 3. The highest BCUT2D eigenvalue weighted by atomic mass is 16.5. The van der Waals surface area contributed by atoms with Gasteiger partial charge in [0.1, 0.15) is 11.6 Å². The first kappa shape index (κ1) is 18.4. The van der Waals surface area contributed by atoms with Gasteiger partial charge >= 0.3 is 0 Å². The minimum Gasteiger partial charge on any atom is -0.496 e. The van der Waals surface area contributed by atoms with E-state index in [1.165, 1.54) is 0 Å². The van der Waals surface area contributed by atoms with Crippen LogP contribution in [0.2, 0.25) is 0 Å². The lowest BCUT2D eigenvalue weighted by molar-refractivity contribution is 0.0141. The number of anilines is 1. The third kappa shape index (κ3) is 3.04. The Morgan fingerprint density at radius 1 is 1.38 bits per heavy atom. The van der Waals surface area contributed by atoms with Crippen molar-refractivity contribution in [2.75, 3.05) is 31.6 Å². The molecule has 29 heavy (non-hydrogen) atoms. The molecule has 3 fully saturated rings. The van der Waals surface area contributed by atoms with Crippen molar-refractivity contribution in [1.29, 1.82) is 0 Å². The highest BCUT2D eigenvalue weighted by Crippen LogP contribution is 2.55. The van der Waals surface area contributed by atoms with Gasteiger partial charge in [-0.05, 0) is 31.9 Å². The summed E-state index contributed by atoms with van der Waals surface area (Å²) in [5.41, 5.74) is 1.37. The number of rotatable bonds is 5. The van der Waals surface area contributed by atoms with Gasteiger partial charge in [-0.2, -0.15) is 0 Å². The molecular weight excluding hydrogens is 368 g/mol. The molecule has 1 N–H and O–H groups in total. The maximum Gasteiger partial charge on any atom is 0.255 e. The van der Waals surface area contributed by atoms with E-state index < -0.39 is 0 Å². The van der Waals surface area contributed by atoms with E-state index in [0.717, 1.165) is 37.4 Å². The Bertz CT molecular complexity index is 936. The number of carbonyl (C=O) groups excluding carboxylic acids is 1. The van der Waals surface area contributed by atoms with Crippen LogP contribution >= 0.6 is 0 Å². The molecule has 0 unspecified atom stereocenters. The summed E-state index contributed by atoms with van der Waals surface area (Å²) in [6.45, 7) is 4.32. The number of hydrogen-bond acceptors (Lipinski definition) is 6. The molecule has 0 aliphatic carbocycles. The molecular formula is C22H26N4O3. The molecule has 1 amide bonds. The lowest BCUT2D eigenvalue weighted by Crippen LogP contribution is -2.42. The van der Waals surface area contributed by atoms with E-state index in [-0.39, 0.29) is 17.6 Å². The van der Waals surface area contributed by atoms with Crippen LogP contribution in [-0.4, -0.2) is 54.3 Å². The predicted octanol–water partition coefficient (Wildman–Crippen LogP) is 2.21. The minimum atomic E-state index is -0.115. The van der Waals surface area contributed by atoms with Crippen LogP contribution in [-0.2, 0) is 4.74 Å². The van der Waals surface area contributed by atoms with Crippen LogP contribution in [0.5, 0.6) is 5.75 Å². The number of benzene rings is 1. The third-order valence-electron chi connectivity index (χ3n) is 6.70. The second-order valence-electron chi connectivity index (χ2n) is 8.34. The van der Waals surface area contributed by atoms with Crippen molar-refractivity contribution < 1.29 is 14.3 Å². The summed E-state index contributed by atoms with van der Waals surface area (Å²) in [7, 11) is 1.58. The van der Waals surface area contributed by atoms with Gasteiger partial charge in [-0.15, -0.1) is 0 Å². The zero-order valence-corrected chi connectivity index (χ0v) is 16.8. The molecule has 7 nitrogen and oxygen atoms in total. The van der Waals surface area contributed by atoms with Crippen LogP contribution in [0.25, 0.3) is 0 Å². The van der Waals surface area contributed by atoms with Gasteiger partial charge in [0.25, 0.3) is 5.91 Å². The number of amides is 1. The molecule has 0 saturated carbocycles. The monoisotopic (exact) mass is 394 g/mol. The molecule has 1 aromatic heterocycles. The number of para-hydroxylation sites is 1. The molecule has 7 heteroatoms. The molecule has 1 spiro atoms. The number of carbonyl (C=O) groups is 1. The molecule has 4 atom stereocenters. The fourth-order valence-electron chi connectivity index (χ4n) is 5.38. The van der Waals surface area contributed by atoms with Crippen LogP contribution < -0.4 is 15.0 Å². The number of ether oxygens (including phenoxy) is 2. The van der Waals surface area contributed by atoms with E-state index in [4.69, 9.17) is 9.47 Å². The molecule has 2 bridgehead atoms. The fourth-order valence-corrected chi connectivity index (χ4v) is 5.38. The topological polar surface area (TPSA) is 76.6 Å². The maximum absolute atomic E-state index is 12.7. The van der Waals surface area contributed by atoms with Gasteiger partial charge in [0.2, 0.25) is 0 Å². The van der Waals surface area contributed by atoms with Gasteiger partial charge in [-0.3, -0.25) is 9.78 Å². The number of nitrogens with one attached hydrogen (secondary N) is 1. The SMILES string of the molecule is COc1ccccc1C(=O)NC[C@H]1[C@H]2CN(c3cncc(C)n3)C[C@]23CC[C@H]1O3. The summed E-state index contributed by atoms with van der Waals surface area (Å²) in [5, 5.41) is 3.13. The summed E-state index contributed by atoms with van der Waals surface area (Å²) >= 11 is 0. The molecule has 5 rings (SSSR count). The van der Waals surface area contributed by atoms with Crippen LogP contribution in [0.4, 0.5) is 5.82 Å². The van der Waals surface area contributed by atoms with Crippen molar-refractivity contribution in [3.8, 4) is 5.75 Å². The van der Waals surface area contributed by atoms with Crippen LogP contribution in [0, 0.1) is 18.8 Å². The number of aryl methyl sites for hydroxylation is 1. The van der Waals surface area contributed by atoms with Gasteiger partial charge < -0.3 is 19.7 Å². The Labute approximate surface area is 170 Å². The molecule has 0 radical (unpaired) electrons. The Balaban J connectivity index is 1.30. The first-order chi connectivity index (χ1) is 14.1. The van der Waals surface area contributed by atoms with Gasteiger partial charge in [-0.1, -0.05) is 12.1 Å². The molecule has 2 aromatic rings. The van der Waals surface area contributed by atoms with E-state index in [9.17, 15) is 4.79 Å². The van der Waals surface area contributed by atoms with E-state index in [1.54, 1.807) is 19.4 Å². The summed E-state index contributed by atoms with van der Waals surface area (Å²) < 4.78 is 11.8. The van der Waals surface area contributed by atoms with Gasteiger partial charge in [-0.25, -0.2) is 4.98 Å². The normalized spacial score (nSPS) is 29.7. The van der Waals surface area contributed by atoms with Gasteiger partial charge in [0, 0.05) is 37.7 Å². The second-order valence-corrected chi connectivity index (χ2v) is 8.34. The lowest BCUT2D eigenvalue weighted by atomic mass is 9.73. The number of methoxy groups -OCH3 is 1. The molecule has 4 heterocycles. The maximum atomic E-state index is 12.7. The van der Waals surface area contributed by atoms with Crippen molar-refractivity contribution in [2.24, 2.45) is 11.8 Å². The Hall–Kier alpha value is -2.67. The summed E-state index contributed by atoms with van der Waals surface area (Å²) in [5.74, 6) is 2.11. The predicted molar refractivity (Wildman–Crippen MR) is 108 cm³/mol. The number of fused-ring (bicyclic) bond motifs is 1. The minimum absolute atomic E-state index is 0.0984. The Morgan fingerprint density at radius 2 is 2.24 bits per heavy atom. The molecule has 1 aromatic carbocycles. The Morgan fingerprint density at radius 3 is 3.07 bits per heavy atom. The van der Waals surface area contributed by atoms with E-state index in [0.29, 0.717) is 29.7 Å². The van der Waals surface area contributed by atoms with E-state index in [2.05, 4.69) is 20.2 Å². The van der Waals surface area contributed by atoms with Crippen molar-refractivity contribution in [3.05, 3.63) is 47.9 Å². The summed E-state index contributed by atoms with van der Waals surface area (Å²) in [6.07, 6.45) is 5.96.